The highest BCUT2D eigenvalue weighted by Gasteiger charge is 2.16. The predicted molar refractivity (Wildman–Crippen MR) is 62.1 cm³/mol. The highest BCUT2D eigenvalue weighted by Crippen LogP contribution is 2.19. The summed E-state index contributed by atoms with van der Waals surface area (Å²) in [5.41, 5.74) is 6.27. The van der Waals surface area contributed by atoms with E-state index in [2.05, 4.69) is 4.74 Å². The second-order valence-corrected chi connectivity index (χ2v) is 3.85. The Kier molecular flexibility index (Phi) is 4.48. The monoisotopic (exact) mass is 257 g/mol. The Labute approximate surface area is 103 Å². The van der Waals surface area contributed by atoms with Gasteiger partial charge < -0.3 is 15.6 Å². The van der Waals surface area contributed by atoms with Gasteiger partial charge in [0.2, 0.25) is 0 Å². The lowest BCUT2D eigenvalue weighted by Crippen LogP contribution is -2.33. The highest BCUT2D eigenvalue weighted by atomic mass is 35.5. The van der Waals surface area contributed by atoms with E-state index >= 15 is 0 Å². The van der Waals surface area contributed by atoms with Crippen LogP contribution in [0.2, 0.25) is 5.02 Å². The Balaban J connectivity index is 2.86. The third kappa shape index (κ3) is 3.44. The third-order valence-electron chi connectivity index (χ3n) is 2.24. The molecule has 0 saturated carbocycles. The van der Waals surface area contributed by atoms with Crippen molar-refractivity contribution in [2.75, 3.05) is 7.11 Å². The van der Waals surface area contributed by atoms with Crippen LogP contribution in [0.25, 0.3) is 0 Å². The van der Waals surface area contributed by atoms with Crippen LogP contribution < -0.4 is 5.73 Å². The zero-order valence-electron chi connectivity index (χ0n) is 9.14. The number of carboxylic acids is 1. The summed E-state index contributed by atoms with van der Waals surface area (Å²) in [6.07, 6.45) is 0.200. The van der Waals surface area contributed by atoms with Crippen molar-refractivity contribution in [1.82, 2.24) is 0 Å². The molecule has 1 atom stereocenters. The Hall–Kier alpha value is -1.59. The largest absolute Gasteiger partial charge is 0.478 e. The molecule has 0 unspecified atom stereocenters. The maximum atomic E-state index is 11.1. The molecule has 0 bridgehead atoms. The fourth-order valence-electron chi connectivity index (χ4n) is 1.32. The van der Waals surface area contributed by atoms with E-state index in [0.29, 0.717) is 5.56 Å². The number of hydrogen-bond acceptors (Lipinski definition) is 4. The molecule has 1 aromatic carbocycles. The van der Waals surface area contributed by atoms with E-state index in [0.717, 1.165) is 0 Å². The van der Waals surface area contributed by atoms with E-state index < -0.39 is 18.0 Å². The van der Waals surface area contributed by atoms with Crippen LogP contribution in [0.3, 0.4) is 0 Å². The van der Waals surface area contributed by atoms with Crippen LogP contribution in [0.4, 0.5) is 0 Å². The molecule has 92 valence electrons. The first-order chi connectivity index (χ1) is 7.95. The number of aromatic carboxylic acids is 1. The number of ether oxygens (including phenoxy) is 1. The number of esters is 1. The minimum atomic E-state index is -1.06. The van der Waals surface area contributed by atoms with Gasteiger partial charge in [-0.05, 0) is 24.1 Å². The Morgan fingerprint density at radius 1 is 1.53 bits per heavy atom. The molecule has 0 aliphatic rings. The van der Waals surface area contributed by atoms with Gasteiger partial charge in [0.1, 0.15) is 6.04 Å². The van der Waals surface area contributed by atoms with Crippen molar-refractivity contribution in [3.63, 3.8) is 0 Å². The first-order valence-corrected chi connectivity index (χ1v) is 5.18. The fourth-order valence-corrected chi connectivity index (χ4v) is 1.58. The van der Waals surface area contributed by atoms with E-state index in [1.165, 1.54) is 25.3 Å². The minimum Gasteiger partial charge on any atom is -0.478 e. The van der Waals surface area contributed by atoms with E-state index in [4.69, 9.17) is 22.4 Å². The second-order valence-electron chi connectivity index (χ2n) is 3.45. The van der Waals surface area contributed by atoms with Gasteiger partial charge in [-0.2, -0.15) is 0 Å². The lowest BCUT2D eigenvalue weighted by atomic mass is 10.0. The molecule has 0 saturated heterocycles. The summed E-state index contributed by atoms with van der Waals surface area (Å²) in [4.78, 5) is 21.8. The van der Waals surface area contributed by atoms with Crippen LogP contribution >= 0.6 is 11.6 Å². The lowest BCUT2D eigenvalue weighted by Gasteiger charge is -2.10. The summed E-state index contributed by atoms with van der Waals surface area (Å²) in [5.74, 6) is -1.60. The smallest absolute Gasteiger partial charge is 0.335 e. The Morgan fingerprint density at radius 3 is 2.65 bits per heavy atom. The molecule has 5 nitrogen and oxygen atoms in total. The highest BCUT2D eigenvalue weighted by molar-refractivity contribution is 6.31. The van der Waals surface area contributed by atoms with Crippen molar-refractivity contribution >= 4 is 23.5 Å². The number of hydrogen-bond donors (Lipinski definition) is 2. The number of carbonyl (C=O) groups excluding carboxylic acids is 1. The van der Waals surface area contributed by atoms with Crippen molar-refractivity contribution < 1.29 is 19.4 Å². The van der Waals surface area contributed by atoms with E-state index in [1.54, 1.807) is 0 Å². The average molecular weight is 258 g/mol. The van der Waals surface area contributed by atoms with Crippen molar-refractivity contribution in [1.29, 1.82) is 0 Å². The standard InChI is InChI=1S/C11H12ClNO4/c1-17-11(16)9(13)5-6-2-3-7(10(14)15)4-8(6)12/h2-4,9H,5,13H2,1H3,(H,14,15)/t9-/m0/s1. The van der Waals surface area contributed by atoms with Gasteiger partial charge in [0.15, 0.2) is 0 Å². The fraction of sp³-hybridized carbons (Fsp3) is 0.273. The van der Waals surface area contributed by atoms with Gasteiger partial charge in [-0.15, -0.1) is 0 Å². The normalized spacial score (nSPS) is 11.9. The summed E-state index contributed by atoms with van der Waals surface area (Å²) in [6.45, 7) is 0. The summed E-state index contributed by atoms with van der Waals surface area (Å²) < 4.78 is 4.48. The van der Waals surface area contributed by atoms with E-state index in [9.17, 15) is 9.59 Å². The first kappa shape index (κ1) is 13.5. The SMILES string of the molecule is COC(=O)[C@@H](N)Cc1ccc(C(=O)O)cc1Cl. The van der Waals surface area contributed by atoms with Crippen LogP contribution in [0, 0.1) is 0 Å². The average Bonchev–Trinajstić information content (AvgIpc) is 2.30. The Bertz CT molecular complexity index is 447. The van der Waals surface area contributed by atoms with Crippen LogP contribution in [0.15, 0.2) is 18.2 Å². The Morgan fingerprint density at radius 2 is 2.18 bits per heavy atom. The molecule has 17 heavy (non-hydrogen) atoms. The maximum absolute atomic E-state index is 11.1. The topological polar surface area (TPSA) is 89.6 Å². The number of nitrogens with two attached hydrogens (primary N) is 1. The van der Waals surface area contributed by atoms with Gasteiger partial charge >= 0.3 is 11.9 Å². The van der Waals surface area contributed by atoms with Gasteiger partial charge in [-0.3, -0.25) is 4.79 Å². The number of carbonyl (C=O) groups is 2. The molecule has 0 aliphatic carbocycles. The molecule has 0 aliphatic heterocycles. The molecule has 0 aromatic heterocycles. The predicted octanol–water partition coefficient (Wildman–Crippen LogP) is 1.08. The molecule has 0 radical (unpaired) electrons. The third-order valence-corrected chi connectivity index (χ3v) is 2.60. The van der Waals surface area contributed by atoms with Crippen LogP contribution in [0.1, 0.15) is 15.9 Å². The molecule has 0 spiro atoms. The number of rotatable bonds is 4. The maximum Gasteiger partial charge on any atom is 0.335 e. The summed E-state index contributed by atoms with van der Waals surface area (Å²) >= 11 is 5.89. The number of halogens is 1. The van der Waals surface area contributed by atoms with E-state index in [1.807, 2.05) is 0 Å². The van der Waals surface area contributed by atoms with E-state index in [-0.39, 0.29) is 17.0 Å². The zero-order valence-corrected chi connectivity index (χ0v) is 9.90. The number of methoxy groups -OCH3 is 1. The molecule has 0 fully saturated rings. The van der Waals surface area contributed by atoms with Gasteiger partial charge in [-0.25, -0.2) is 4.79 Å². The quantitative estimate of drug-likeness (QED) is 0.788. The van der Waals surface area contributed by atoms with Crippen molar-refractivity contribution in [3.8, 4) is 0 Å². The zero-order chi connectivity index (χ0) is 13.0. The lowest BCUT2D eigenvalue weighted by molar-refractivity contribution is -0.142. The molecule has 1 rings (SSSR count). The minimum absolute atomic E-state index is 0.0883. The number of carboxylic acid groups (broad SMARTS) is 1. The molecule has 0 amide bonds. The number of benzene rings is 1. The first-order valence-electron chi connectivity index (χ1n) is 4.81. The van der Waals surface area contributed by atoms with Crippen LogP contribution in [0.5, 0.6) is 0 Å². The summed E-state index contributed by atoms with van der Waals surface area (Å²) in [7, 11) is 1.25. The summed E-state index contributed by atoms with van der Waals surface area (Å²) in [5, 5.41) is 9.02. The van der Waals surface area contributed by atoms with Crippen LogP contribution in [-0.2, 0) is 16.0 Å². The van der Waals surface area contributed by atoms with Gasteiger partial charge in [0.05, 0.1) is 12.7 Å². The molecular weight excluding hydrogens is 246 g/mol. The van der Waals surface area contributed by atoms with Crippen molar-refractivity contribution in [2.45, 2.75) is 12.5 Å². The van der Waals surface area contributed by atoms with Gasteiger partial charge in [0.25, 0.3) is 0 Å². The van der Waals surface area contributed by atoms with Crippen LogP contribution in [-0.4, -0.2) is 30.2 Å². The van der Waals surface area contributed by atoms with Gasteiger partial charge in [-0.1, -0.05) is 17.7 Å². The second kappa shape index (κ2) is 5.65. The van der Waals surface area contributed by atoms with Gasteiger partial charge in [0, 0.05) is 5.02 Å². The van der Waals surface area contributed by atoms with Crippen molar-refractivity contribution in [2.24, 2.45) is 5.73 Å². The molecule has 3 N–H and O–H groups in total. The summed E-state index contributed by atoms with van der Waals surface area (Å²) in [6, 6.07) is 3.46. The molecule has 1 aromatic rings. The van der Waals surface area contributed by atoms with Crippen molar-refractivity contribution in [3.05, 3.63) is 34.3 Å². The molecule has 6 heteroatoms. The molecule has 0 heterocycles. The molecular formula is C11H12ClNO4.